The van der Waals surface area contributed by atoms with Gasteiger partial charge in [-0.05, 0) is 49.3 Å². The molecule has 2 fully saturated rings. The van der Waals surface area contributed by atoms with Crippen LogP contribution in [0.4, 0.5) is 4.39 Å². The fraction of sp³-hybridized carbons (Fsp3) is 0.600. The summed E-state index contributed by atoms with van der Waals surface area (Å²) in [7, 11) is 0. The number of fused-ring (bicyclic) bond motifs is 2. The molecule has 18 heavy (non-hydrogen) atoms. The van der Waals surface area contributed by atoms with Crippen molar-refractivity contribution in [1.29, 1.82) is 0 Å². The van der Waals surface area contributed by atoms with Crippen LogP contribution >= 0.6 is 0 Å². The first-order valence-corrected chi connectivity index (χ1v) is 6.90. The first kappa shape index (κ1) is 12.0. The van der Waals surface area contributed by atoms with E-state index in [4.69, 9.17) is 0 Å². The average Bonchev–Trinajstić information content (AvgIpc) is 2.33. The molecule has 3 rings (SSSR count). The normalized spacial score (nSPS) is 28.3. The Hall–Kier alpha value is -1.09. The average molecular weight is 249 g/mol. The summed E-state index contributed by atoms with van der Waals surface area (Å²) in [4.78, 5) is 2.38. The molecule has 0 amide bonds. The van der Waals surface area contributed by atoms with Crippen molar-refractivity contribution in [3.63, 3.8) is 0 Å². The first-order chi connectivity index (χ1) is 8.70. The molecule has 2 atom stereocenters. The van der Waals surface area contributed by atoms with E-state index < -0.39 is 0 Å². The lowest BCUT2D eigenvalue weighted by atomic mass is 9.78. The molecule has 3 heteroatoms. The third-order valence-electron chi connectivity index (χ3n) is 4.36. The molecule has 0 radical (unpaired) electrons. The van der Waals surface area contributed by atoms with E-state index in [1.165, 1.54) is 43.9 Å². The van der Waals surface area contributed by atoms with Crippen LogP contribution in [0.15, 0.2) is 18.2 Å². The van der Waals surface area contributed by atoms with E-state index in [-0.39, 0.29) is 11.6 Å². The Bertz CT molecular complexity index is 423. The molecular weight excluding hydrogens is 229 g/mol. The van der Waals surface area contributed by atoms with E-state index in [2.05, 4.69) is 4.90 Å². The molecule has 98 valence electrons. The minimum absolute atomic E-state index is 0.215. The fourth-order valence-corrected chi connectivity index (χ4v) is 3.59. The van der Waals surface area contributed by atoms with Gasteiger partial charge in [0.15, 0.2) is 0 Å². The highest BCUT2D eigenvalue weighted by Gasteiger charge is 2.30. The van der Waals surface area contributed by atoms with Gasteiger partial charge in [0.1, 0.15) is 11.6 Å². The molecule has 0 spiro atoms. The van der Waals surface area contributed by atoms with Gasteiger partial charge in [0, 0.05) is 25.2 Å². The van der Waals surface area contributed by atoms with Gasteiger partial charge in [-0.3, -0.25) is 4.90 Å². The highest BCUT2D eigenvalue weighted by molar-refractivity contribution is 5.32. The van der Waals surface area contributed by atoms with Crippen LogP contribution in [0.25, 0.3) is 0 Å². The van der Waals surface area contributed by atoms with Crippen molar-refractivity contribution in [3.05, 3.63) is 29.6 Å². The Labute approximate surface area is 107 Å². The molecule has 2 unspecified atom stereocenters. The summed E-state index contributed by atoms with van der Waals surface area (Å²) in [5, 5.41) is 9.78. The van der Waals surface area contributed by atoms with Crippen molar-refractivity contribution >= 4 is 0 Å². The van der Waals surface area contributed by atoms with Gasteiger partial charge >= 0.3 is 0 Å². The number of nitrogens with zero attached hydrogens (tertiary/aromatic N) is 1. The number of phenolic OH excluding ortho intramolecular Hbond substituents is 1. The Kier molecular flexibility index (Phi) is 3.25. The van der Waals surface area contributed by atoms with E-state index in [0.717, 1.165) is 30.5 Å². The predicted octanol–water partition coefficient (Wildman–Crippen LogP) is 3.15. The maximum Gasteiger partial charge on any atom is 0.123 e. The number of aromatic hydroxyl groups is 1. The number of piperidine rings is 1. The maximum absolute atomic E-state index is 13.2. The number of hydrogen-bond acceptors (Lipinski definition) is 2. The number of halogens is 1. The molecule has 1 aromatic carbocycles. The van der Waals surface area contributed by atoms with E-state index in [1.807, 2.05) is 0 Å². The van der Waals surface area contributed by atoms with Crippen LogP contribution in [0.3, 0.4) is 0 Å². The zero-order valence-electron chi connectivity index (χ0n) is 10.6. The Morgan fingerprint density at radius 3 is 2.67 bits per heavy atom. The van der Waals surface area contributed by atoms with E-state index in [9.17, 15) is 9.50 Å². The molecule has 2 nitrogen and oxygen atoms in total. The van der Waals surface area contributed by atoms with Gasteiger partial charge in [0.05, 0.1) is 0 Å². The van der Waals surface area contributed by atoms with Crippen LogP contribution in [0.2, 0.25) is 0 Å². The largest absolute Gasteiger partial charge is 0.508 e. The minimum atomic E-state index is -0.264. The molecule has 1 aromatic rings. The Balaban J connectivity index is 1.70. The summed E-state index contributed by atoms with van der Waals surface area (Å²) in [5.41, 5.74) is 0.718. The van der Waals surface area contributed by atoms with Crippen LogP contribution in [-0.2, 0) is 6.54 Å². The molecule has 2 bridgehead atoms. The zero-order valence-corrected chi connectivity index (χ0v) is 10.6. The molecule has 1 heterocycles. The SMILES string of the molecule is Oc1ccc(F)cc1CN1CC2CCCC(C2)C1. The Morgan fingerprint density at radius 1 is 1.22 bits per heavy atom. The van der Waals surface area contributed by atoms with Gasteiger partial charge in [0.2, 0.25) is 0 Å². The van der Waals surface area contributed by atoms with Gasteiger partial charge in [-0.15, -0.1) is 0 Å². The third kappa shape index (κ3) is 2.51. The molecular formula is C15H20FNO. The second-order valence-electron chi connectivity index (χ2n) is 5.87. The monoisotopic (exact) mass is 249 g/mol. The molecule has 1 saturated heterocycles. The zero-order chi connectivity index (χ0) is 12.5. The lowest BCUT2D eigenvalue weighted by Crippen LogP contribution is -2.42. The van der Waals surface area contributed by atoms with E-state index in [0.29, 0.717) is 6.54 Å². The second kappa shape index (κ2) is 4.88. The van der Waals surface area contributed by atoms with Crippen molar-refractivity contribution in [2.24, 2.45) is 11.8 Å². The molecule has 1 saturated carbocycles. The smallest absolute Gasteiger partial charge is 0.123 e. The highest BCUT2D eigenvalue weighted by Crippen LogP contribution is 2.35. The number of likely N-dealkylation sites (tertiary alicyclic amines) is 1. The van der Waals surface area contributed by atoms with Crippen molar-refractivity contribution in [2.45, 2.75) is 32.2 Å². The predicted molar refractivity (Wildman–Crippen MR) is 68.8 cm³/mol. The summed E-state index contributed by atoms with van der Waals surface area (Å²) in [6, 6.07) is 4.22. The summed E-state index contributed by atoms with van der Waals surface area (Å²) in [6.07, 6.45) is 5.41. The summed E-state index contributed by atoms with van der Waals surface area (Å²) in [6.45, 7) is 2.88. The van der Waals surface area contributed by atoms with Crippen molar-refractivity contribution in [2.75, 3.05) is 13.1 Å². The second-order valence-corrected chi connectivity index (χ2v) is 5.87. The van der Waals surface area contributed by atoms with Gasteiger partial charge in [-0.2, -0.15) is 0 Å². The maximum atomic E-state index is 13.2. The number of hydrogen-bond donors (Lipinski definition) is 1. The van der Waals surface area contributed by atoms with Crippen LogP contribution < -0.4 is 0 Å². The number of phenols is 1. The first-order valence-electron chi connectivity index (χ1n) is 6.90. The molecule has 1 aliphatic carbocycles. The topological polar surface area (TPSA) is 23.5 Å². The molecule has 2 aliphatic rings. The molecule has 1 aliphatic heterocycles. The van der Waals surface area contributed by atoms with Crippen LogP contribution in [0, 0.1) is 17.7 Å². The van der Waals surface area contributed by atoms with E-state index >= 15 is 0 Å². The number of benzene rings is 1. The van der Waals surface area contributed by atoms with Crippen LogP contribution in [0.1, 0.15) is 31.2 Å². The van der Waals surface area contributed by atoms with Crippen molar-refractivity contribution < 1.29 is 9.50 Å². The number of rotatable bonds is 2. The molecule has 0 aromatic heterocycles. The third-order valence-corrected chi connectivity index (χ3v) is 4.36. The van der Waals surface area contributed by atoms with Crippen LogP contribution in [0.5, 0.6) is 5.75 Å². The quantitative estimate of drug-likeness (QED) is 0.870. The standard InChI is InChI=1S/C15H20FNO/c16-14-4-5-15(18)13(7-14)10-17-8-11-2-1-3-12(6-11)9-17/h4-5,7,11-12,18H,1-3,6,8-10H2. The summed E-state index contributed by atoms with van der Waals surface area (Å²) >= 11 is 0. The minimum Gasteiger partial charge on any atom is -0.508 e. The lowest BCUT2D eigenvalue weighted by Gasteiger charge is -2.41. The fourth-order valence-electron chi connectivity index (χ4n) is 3.59. The van der Waals surface area contributed by atoms with Crippen molar-refractivity contribution in [3.8, 4) is 5.75 Å². The van der Waals surface area contributed by atoms with E-state index in [1.54, 1.807) is 0 Å². The van der Waals surface area contributed by atoms with Gasteiger partial charge in [-0.1, -0.05) is 6.42 Å². The molecule has 1 N–H and O–H groups in total. The van der Waals surface area contributed by atoms with Gasteiger partial charge < -0.3 is 5.11 Å². The highest BCUT2D eigenvalue weighted by atomic mass is 19.1. The van der Waals surface area contributed by atoms with Crippen molar-refractivity contribution in [1.82, 2.24) is 4.90 Å². The summed E-state index contributed by atoms with van der Waals surface area (Å²) in [5.74, 6) is 1.58. The van der Waals surface area contributed by atoms with Gasteiger partial charge in [0.25, 0.3) is 0 Å². The Morgan fingerprint density at radius 2 is 1.94 bits per heavy atom. The lowest BCUT2D eigenvalue weighted by molar-refractivity contribution is 0.0801. The summed E-state index contributed by atoms with van der Waals surface area (Å²) < 4.78 is 13.2. The van der Waals surface area contributed by atoms with Gasteiger partial charge in [-0.25, -0.2) is 4.39 Å². The van der Waals surface area contributed by atoms with Crippen LogP contribution in [-0.4, -0.2) is 23.1 Å².